The topological polar surface area (TPSA) is 0 Å². The predicted molar refractivity (Wildman–Crippen MR) is 492 cm³/mol. The molecule has 8 atom stereocenters. The van der Waals surface area contributed by atoms with E-state index in [1.54, 1.807) is 83.1 Å². The van der Waals surface area contributed by atoms with E-state index in [0.29, 0.717) is 119 Å². The van der Waals surface area contributed by atoms with Gasteiger partial charge < -0.3 is 0 Å². The SMILES string of the molecule is CC(C)C(C(C)C)C(C)(C)F.CCC(C)(F)C(C(C)C)C(C)C.CCC(C)(F)C(C)(CC)CC.CCC(C)(F)C(C)C.CCC(C)(F)CC.CCC(CC)C(C)(F)CC.CCCC(C)(F)C(C(C)C)C(C)C.CCCC(C)(F)C(C)(CC)CC.CCCC(C)(F)C(CC)CC.CCCC(C)(F)CC.CCCC(C)(F)CCC. The van der Waals surface area contributed by atoms with Gasteiger partial charge in [0.25, 0.3) is 0 Å². The Morgan fingerprint density at radius 3 is 0.562 bits per heavy atom. The van der Waals surface area contributed by atoms with Crippen LogP contribution < -0.4 is 0 Å². The van der Waals surface area contributed by atoms with Gasteiger partial charge in [0.15, 0.2) is 0 Å². The summed E-state index contributed by atoms with van der Waals surface area (Å²) in [4.78, 5) is 0. The van der Waals surface area contributed by atoms with Crippen molar-refractivity contribution < 1.29 is 48.3 Å². The number of halogens is 11. The fraction of sp³-hybridized carbons (Fsp3) is 1.00. The van der Waals surface area contributed by atoms with Crippen LogP contribution in [-0.2, 0) is 0 Å². The molecule has 0 aromatic carbocycles. The standard InChI is InChI=1S/C12H25F.2C11H23F.3C10H21F.C9H19F.C8H17F.2C7H15F.C6H13F/c1-7-8-12(6,13)11(9(2)3)10(4)5;1-7-11(6,12)10(8(2)3)9(4)5;1-6-9-11(5,12)10(4,7-2)8-3;1-7(2)9(8(3)4)10(5,6)11;1-6-9(4,7-2)10(5,11)8-3;1-5-8-10(4,11)9(6-2)7-3;1-5-8(6-2)9(4,10)7-3;1-4-6-8(3,9)7-5-2;1-5-7(4,8)6(2)3;1-4-6-7(3,8)5-2;1-4-6(3,7)5-2/h9-11H,7-8H2,1-6H3;8-10H,7H2,1-6H3;6-9H2,1-5H3;7-9H,1-6H3;6-8H2,1-5H3;9H,5-8H2,1-4H3;8H,5-7H2,1-4H3;4-7H2,1-3H3;6H,5H2,1-4H3;4-6H2,1-3H3;4-5H2,1-3H3. The van der Waals surface area contributed by atoms with E-state index in [4.69, 9.17) is 0 Å². The van der Waals surface area contributed by atoms with Gasteiger partial charge in [0.1, 0.15) is 62.4 Å². The average molecular weight is 1640 g/mol. The quantitative estimate of drug-likeness (QED) is 0.0535. The molecule has 0 heterocycles. The minimum atomic E-state index is -1.04. The Hall–Kier alpha value is -0.770. The van der Waals surface area contributed by atoms with E-state index in [9.17, 15) is 48.3 Å². The molecule has 112 heavy (non-hydrogen) atoms. The summed E-state index contributed by atoms with van der Waals surface area (Å²) < 4.78 is 148. The molecule has 0 saturated heterocycles. The molecule has 11 heteroatoms. The lowest BCUT2D eigenvalue weighted by atomic mass is 9.70. The molecule has 0 bridgehead atoms. The normalized spacial score (nSPS) is 16.4. The maximum atomic E-state index is 14.3. The smallest absolute Gasteiger partial charge is 0.113 e. The molecule has 8 unspecified atom stereocenters. The number of hydrogen-bond acceptors (Lipinski definition) is 0. The van der Waals surface area contributed by atoms with Crippen molar-refractivity contribution in [3.8, 4) is 0 Å². The minimum Gasteiger partial charge on any atom is -0.244 e. The van der Waals surface area contributed by atoms with Gasteiger partial charge >= 0.3 is 0 Å². The van der Waals surface area contributed by atoms with Gasteiger partial charge in [-0.2, -0.15) is 0 Å². The van der Waals surface area contributed by atoms with Crippen molar-refractivity contribution in [3.63, 3.8) is 0 Å². The van der Waals surface area contributed by atoms with E-state index in [0.717, 1.165) is 89.9 Å². The monoisotopic (exact) mass is 1640 g/mol. The highest BCUT2D eigenvalue weighted by Crippen LogP contribution is 2.45. The Kier molecular flexibility index (Phi) is 80.3. The van der Waals surface area contributed by atoms with Crippen molar-refractivity contribution in [3.05, 3.63) is 0 Å². The van der Waals surface area contributed by atoms with E-state index in [1.807, 2.05) is 104 Å². The van der Waals surface area contributed by atoms with Crippen molar-refractivity contribution in [2.45, 2.75) is 575 Å². The summed E-state index contributed by atoms with van der Waals surface area (Å²) >= 11 is 0. The van der Waals surface area contributed by atoms with Gasteiger partial charge in [0.2, 0.25) is 0 Å². The third-order valence-electron chi connectivity index (χ3n) is 26.5. The molecule has 0 aromatic heterocycles. The zero-order valence-corrected chi connectivity index (χ0v) is 85.7. The summed E-state index contributed by atoms with van der Waals surface area (Å²) in [7, 11) is 0. The second-order valence-electron chi connectivity index (χ2n) is 39.3. The van der Waals surface area contributed by atoms with Crippen LogP contribution in [0.25, 0.3) is 0 Å². The first-order chi connectivity index (χ1) is 50.3. The van der Waals surface area contributed by atoms with Crippen LogP contribution in [0.2, 0.25) is 0 Å². The molecule has 0 aliphatic rings. The Morgan fingerprint density at radius 2 is 0.429 bits per heavy atom. The maximum absolute atomic E-state index is 14.3. The van der Waals surface area contributed by atoms with Gasteiger partial charge in [0.05, 0.1) is 0 Å². The Balaban J connectivity index is -0.000000112. The molecule has 0 aliphatic carbocycles. The van der Waals surface area contributed by atoms with E-state index >= 15 is 0 Å². The molecule has 0 rings (SSSR count). The first kappa shape index (κ1) is 135. The first-order valence-electron chi connectivity index (χ1n) is 46.9. The summed E-state index contributed by atoms with van der Waals surface area (Å²) in [6, 6.07) is 0. The number of hydrogen-bond donors (Lipinski definition) is 0. The molecule has 694 valence electrons. The van der Waals surface area contributed by atoms with Gasteiger partial charge in [-0.05, 0) is 263 Å². The van der Waals surface area contributed by atoms with Gasteiger partial charge in [-0.3, -0.25) is 0 Å². The van der Waals surface area contributed by atoms with E-state index in [-0.39, 0.29) is 46.3 Å². The molecule has 0 amide bonds. The summed E-state index contributed by atoms with van der Waals surface area (Å²) in [5.41, 5.74) is -10.9. The highest BCUT2D eigenvalue weighted by Gasteiger charge is 2.43. The molecule has 0 spiro atoms. The lowest BCUT2D eigenvalue weighted by molar-refractivity contribution is 0.00460. The third kappa shape index (κ3) is 63.2. The van der Waals surface area contributed by atoms with E-state index < -0.39 is 62.4 Å². The zero-order valence-electron chi connectivity index (χ0n) is 85.7. The van der Waals surface area contributed by atoms with Crippen molar-refractivity contribution in [1.29, 1.82) is 0 Å². The van der Waals surface area contributed by atoms with Crippen LogP contribution in [0.15, 0.2) is 0 Å². The molecule has 0 saturated carbocycles. The van der Waals surface area contributed by atoms with E-state index in [2.05, 4.69) is 152 Å². The number of rotatable bonds is 41. The van der Waals surface area contributed by atoms with Gasteiger partial charge in [-0.25, -0.2) is 48.3 Å². The van der Waals surface area contributed by atoms with Crippen LogP contribution in [0.5, 0.6) is 0 Å². The third-order valence-corrected chi connectivity index (χ3v) is 26.5. The van der Waals surface area contributed by atoms with Crippen molar-refractivity contribution in [2.24, 2.45) is 81.8 Å². The van der Waals surface area contributed by atoms with Gasteiger partial charge in [-0.1, -0.05) is 320 Å². The van der Waals surface area contributed by atoms with Crippen LogP contribution in [0.3, 0.4) is 0 Å². The lowest BCUT2D eigenvalue weighted by Gasteiger charge is -2.39. The largest absolute Gasteiger partial charge is 0.244 e. The Labute approximate surface area is 701 Å². The molecule has 0 aromatic rings. The van der Waals surface area contributed by atoms with Crippen LogP contribution in [0, 0.1) is 81.8 Å². The molecule has 0 nitrogen and oxygen atoms in total. The van der Waals surface area contributed by atoms with Crippen LogP contribution >= 0.6 is 0 Å². The second kappa shape index (κ2) is 66.9. The molecule has 0 aliphatic heterocycles. The summed E-state index contributed by atoms with van der Waals surface area (Å²) in [6.07, 6.45) is 21.8. The van der Waals surface area contributed by atoms with Gasteiger partial charge in [0, 0.05) is 10.8 Å². The Bertz CT molecular complexity index is 1940. The second-order valence-corrected chi connectivity index (χ2v) is 39.3. The highest BCUT2D eigenvalue weighted by atomic mass is 19.2. The van der Waals surface area contributed by atoms with Gasteiger partial charge in [-0.15, -0.1) is 0 Å². The number of alkyl halides is 11. The summed E-state index contributed by atoms with van der Waals surface area (Å²) in [6.45, 7) is 95.6. The maximum Gasteiger partial charge on any atom is 0.113 e. The van der Waals surface area contributed by atoms with E-state index in [1.165, 1.54) is 0 Å². The molecule has 0 N–H and O–H groups in total. The van der Waals surface area contributed by atoms with Crippen molar-refractivity contribution >= 4 is 0 Å². The summed E-state index contributed by atoms with van der Waals surface area (Å²) in [5, 5.41) is 0. The fourth-order valence-electron chi connectivity index (χ4n) is 16.5. The van der Waals surface area contributed by atoms with Crippen LogP contribution in [0.4, 0.5) is 48.3 Å². The lowest BCUT2D eigenvalue weighted by Crippen LogP contribution is -2.39. The first-order valence-corrected chi connectivity index (χ1v) is 46.9. The molecule has 0 radical (unpaired) electrons. The van der Waals surface area contributed by atoms with Crippen molar-refractivity contribution in [2.75, 3.05) is 0 Å². The predicted octanol–water partition coefficient (Wildman–Crippen LogP) is 39.5. The minimum absolute atomic E-state index is 0.136. The van der Waals surface area contributed by atoms with Crippen LogP contribution in [0.1, 0.15) is 513 Å². The van der Waals surface area contributed by atoms with Crippen LogP contribution in [-0.4, -0.2) is 62.4 Å². The average Bonchev–Trinajstić information content (AvgIpc) is 0.822. The zero-order chi connectivity index (χ0) is 92.5. The Morgan fingerprint density at radius 1 is 0.196 bits per heavy atom. The van der Waals surface area contributed by atoms with Crippen molar-refractivity contribution in [1.82, 2.24) is 0 Å². The molecular formula is C101H213F11. The summed E-state index contributed by atoms with van der Waals surface area (Å²) in [5.74, 6) is 3.76. The molecule has 0 fully saturated rings. The highest BCUT2D eigenvalue weighted by molar-refractivity contribution is 4.93. The molecular weight excluding hydrogens is 1420 g/mol. The fourth-order valence-corrected chi connectivity index (χ4v) is 16.5.